The molecule has 0 aromatic heterocycles. The fourth-order valence-corrected chi connectivity index (χ4v) is 3.82. The molecule has 17 heavy (non-hydrogen) atoms. The number of nitrogens with one attached hydrogen (secondary N) is 1. The van der Waals surface area contributed by atoms with Crippen molar-refractivity contribution in [3.63, 3.8) is 0 Å². The normalized spacial score (nSPS) is 34.1. The first-order valence-electron chi connectivity index (χ1n) is 7.43. The Hall–Kier alpha value is -0.340. The molecule has 1 N–H and O–H groups in total. The molecule has 2 heteroatoms. The van der Waals surface area contributed by atoms with Crippen molar-refractivity contribution in [2.45, 2.75) is 39.0 Å². The largest absolute Gasteiger partial charge is 0.309 e. The second-order valence-corrected chi connectivity index (χ2v) is 6.32. The third kappa shape index (κ3) is 2.58. The molecule has 2 atom stereocenters. The van der Waals surface area contributed by atoms with Gasteiger partial charge < -0.3 is 5.32 Å². The molecule has 2 aliphatic heterocycles. The van der Waals surface area contributed by atoms with Gasteiger partial charge in [-0.3, -0.25) is 4.90 Å². The molecule has 0 radical (unpaired) electrons. The summed E-state index contributed by atoms with van der Waals surface area (Å²) in [5.41, 5.74) is 3.30. The van der Waals surface area contributed by atoms with Gasteiger partial charge in [0.2, 0.25) is 0 Å². The molecule has 0 spiro atoms. The second-order valence-electron chi connectivity index (χ2n) is 6.32. The number of fused-ring (bicyclic) bond motifs is 1. The van der Waals surface area contributed by atoms with Crippen molar-refractivity contribution in [2.24, 2.45) is 11.8 Å². The fraction of sp³-hybridized carbons (Fsp3) is 0.867. The molecule has 0 bridgehead atoms. The Balaban J connectivity index is 1.55. The summed E-state index contributed by atoms with van der Waals surface area (Å²) in [7, 11) is 0. The van der Waals surface area contributed by atoms with Crippen molar-refractivity contribution >= 4 is 0 Å². The van der Waals surface area contributed by atoms with Crippen LogP contribution in [0.15, 0.2) is 11.1 Å². The fourth-order valence-electron chi connectivity index (χ4n) is 3.82. The highest BCUT2D eigenvalue weighted by Gasteiger charge is 2.31. The number of likely N-dealkylation sites (tertiary alicyclic amines) is 1. The number of rotatable bonds is 2. The van der Waals surface area contributed by atoms with E-state index in [-0.39, 0.29) is 0 Å². The monoisotopic (exact) mass is 234 g/mol. The van der Waals surface area contributed by atoms with E-state index < -0.39 is 0 Å². The number of piperidine rings is 1. The summed E-state index contributed by atoms with van der Waals surface area (Å²) in [4.78, 5) is 2.72. The summed E-state index contributed by atoms with van der Waals surface area (Å²) in [5.74, 6) is 2.09. The SMILES string of the molecule is CC(CN1CCC2CCCCC2C1)=C1CNC1. The van der Waals surface area contributed by atoms with Crippen LogP contribution >= 0.6 is 0 Å². The van der Waals surface area contributed by atoms with E-state index in [4.69, 9.17) is 0 Å². The summed E-state index contributed by atoms with van der Waals surface area (Å²) in [5, 5.41) is 3.35. The molecule has 1 saturated carbocycles. The Kier molecular flexibility index (Phi) is 3.53. The summed E-state index contributed by atoms with van der Waals surface area (Å²) >= 11 is 0. The first-order valence-corrected chi connectivity index (χ1v) is 7.43. The van der Waals surface area contributed by atoms with Crippen molar-refractivity contribution in [2.75, 3.05) is 32.7 Å². The van der Waals surface area contributed by atoms with E-state index in [9.17, 15) is 0 Å². The Labute approximate surface area is 105 Å². The van der Waals surface area contributed by atoms with Crippen molar-refractivity contribution in [1.82, 2.24) is 10.2 Å². The minimum atomic E-state index is 1.02. The summed E-state index contributed by atoms with van der Waals surface area (Å²) in [6.45, 7) is 8.59. The molecule has 96 valence electrons. The Morgan fingerprint density at radius 1 is 1.18 bits per heavy atom. The molecule has 2 unspecified atom stereocenters. The zero-order valence-electron chi connectivity index (χ0n) is 11.2. The smallest absolute Gasteiger partial charge is 0.0193 e. The number of hydrogen-bond acceptors (Lipinski definition) is 2. The van der Waals surface area contributed by atoms with E-state index in [1.165, 1.54) is 51.7 Å². The van der Waals surface area contributed by atoms with Crippen molar-refractivity contribution in [3.8, 4) is 0 Å². The molecule has 0 aromatic carbocycles. The lowest BCUT2D eigenvalue weighted by Gasteiger charge is -2.41. The third-order valence-corrected chi connectivity index (χ3v) is 5.12. The van der Waals surface area contributed by atoms with Gasteiger partial charge in [-0.1, -0.05) is 24.8 Å². The molecule has 2 heterocycles. The van der Waals surface area contributed by atoms with Crippen LogP contribution in [0, 0.1) is 11.8 Å². The van der Waals surface area contributed by atoms with Gasteiger partial charge >= 0.3 is 0 Å². The van der Waals surface area contributed by atoms with Crippen molar-refractivity contribution in [3.05, 3.63) is 11.1 Å². The summed E-state index contributed by atoms with van der Waals surface area (Å²) in [6.07, 6.45) is 7.46. The lowest BCUT2D eigenvalue weighted by Crippen LogP contribution is -2.43. The molecule has 2 nitrogen and oxygen atoms in total. The molecular weight excluding hydrogens is 208 g/mol. The maximum absolute atomic E-state index is 3.35. The van der Waals surface area contributed by atoms with Gasteiger partial charge in [0.25, 0.3) is 0 Å². The Bertz CT molecular complexity index is 302. The van der Waals surface area contributed by atoms with Gasteiger partial charge in [-0.25, -0.2) is 0 Å². The molecule has 1 aliphatic carbocycles. The highest BCUT2D eigenvalue weighted by molar-refractivity contribution is 5.22. The van der Waals surface area contributed by atoms with Crippen LogP contribution in [0.2, 0.25) is 0 Å². The van der Waals surface area contributed by atoms with Gasteiger partial charge in [-0.15, -0.1) is 0 Å². The van der Waals surface area contributed by atoms with E-state index >= 15 is 0 Å². The average molecular weight is 234 g/mol. The van der Waals surface area contributed by atoms with Gasteiger partial charge in [0.15, 0.2) is 0 Å². The van der Waals surface area contributed by atoms with E-state index in [2.05, 4.69) is 17.1 Å². The first kappa shape index (κ1) is 11.7. The van der Waals surface area contributed by atoms with Crippen LogP contribution < -0.4 is 5.32 Å². The Morgan fingerprint density at radius 3 is 2.65 bits per heavy atom. The van der Waals surface area contributed by atoms with Gasteiger partial charge in [0, 0.05) is 26.2 Å². The maximum atomic E-state index is 3.35. The van der Waals surface area contributed by atoms with E-state index in [0.717, 1.165) is 24.9 Å². The van der Waals surface area contributed by atoms with Gasteiger partial charge in [-0.2, -0.15) is 0 Å². The van der Waals surface area contributed by atoms with E-state index in [1.54, 1.807) is 11.1 Å². The minimum Gasteiger partial charge on any atom is -0.309 e. The van der Waals surface area contributed by atoms with Crippen LogP contribution in [0.3, 0.4) is 0 Å². The van der Waals surface area contributed by atoms with Crippen LogP contribution in [0.1, 0.15) is 39.0 Å². The predicted octanol–water partition coefficient (Wildman–Crippen LogP) is 2.42. The molecule has 2 saturated heterocycles. The average Bonchev–Trinajstić information content (AvgIpc) is 2.26. The van der Waals surface area contributed by atoms with Crippen LogP contribution in [0.4, 0.5) is 0 Å². The van der Waals surface area contributed by atoms with Crippen LogP contribution in [-0.2, 0) is 0 Å². The topological polar surface area (TPSA) is 15.3 Å². The van der Waals surface area contributed by atoms with E-state index in [1.807, 2.05) is 0 Å². The standard InChI is InChI=1S/C15H26N2/c1-12(15-8-16-9-15)10-17-7-6-13-4-2-3-5-14(13)11-17/h13-14,16H,2-11H2,1H3. The maximum Gasteiger partial charge on any atom is 0.0193 e. The second kappa shape index (κ2) is 5.11. The quantitative estimate of drug-likeness (QED) is 0.738. The van der Waals surface area contributed by atoms with Gasteiger partial charge in [0.05, 0.1) is 0 Å². The van der Waals surface area contributed by atoms with Gasteiger partial charge in [-0.05, 0) is 43.7 Å². The van der Waals surface area contributed by atoms with Gasteiger partial charge in [0.1, 0.15) is 0 Å². The highest BCUT2D eigenvalue weighted by Crippen LogP contribution is 2.36. The molecule has 3 rings (SSSR count). The zero-order chi connectivity index (χ0) is 11.7. The van der Waals surface area contributed by atoms with Crippen LogP contribution in [0.25, 0.3) is 0 Å². The van der Waals surface area contributed by atoms with E-state index in [0.29, 0.717) is 0 Å². The molecule has 3 fully saturated rings. The van der Waals surface area contributed by atoms with Crippen LogP contribution in [-0.4, -0.2) is 37.6 Å². The first-order chi connectivity index (χ1) is 8.33. The molecule has 0 amide bonds. The zero-order valence-corrected chi connectivity index (χ0v) is 11.2. The summed E-state index contributed by atoms with van der Waals surface area (Å²) < 4.78 is 0. The lowest BCUT2D eigenvalue weighted by molar-refractivity contribution is 0.0931. The lowest BCUT2D eigenvalue weighted by atomic mass is 9.75. The van der Waals surface area contributed by atoms with Crippen molar-refractivity contribution < 1.29 is 0 Å². The minimum absolute atomic E-state index is 1.02. The molecule has 3 aliphatic rings. The summed E-state index contributed by atoms with van der Waals surface area (Å²) in [6, 6.07) is 0. The number of nitrogens with zero attached hydrogens (tertiary/aromatic N) is 1. The predicted molar refractivity (Wildman–Crippen MR) is 72.1 cm³/mol. The van der Waals surface area contributed by atoms with Crippen LogP contribution in [0.5, 0.6) is 0 Å². The highest BCUT2D eigenvalue weighted by atomic mass is 15.1. The molecular formula is C15H26N2. The molecule has 0 aromatic rings. The number of hydrogen-bond donors (Lipinski definition) is 1. The van der Waals surface area contributed by atoms with Crippen molar-refractivity contribution in [1.29, 1.82) is 0 Å². The third-order valence-electron chi connectivity index (χ3n) is 5.12. The Morgan fingerprint density at radius 2 is 1.94 bits per heavy atom.